The maximum absolute atomic E-state index is 12.0. The van der Waals surface area contributed by atoms with E-state index in [2.05, 4.69) is 10.3 Å². The van der Waals surface area contributed by atoms with Crippen molar-refractivity contribution in [3.8, 4) is 11.5 Å². The molecule has 8 heteroatoms. The zero-order valence-electron chi connectivity index (χ0n) is 12.3. The van der Waals surface area contributed by atoms with Crippen molar-refractivity contribution in [1.82, 2.24) is 10.3 Å². The van der Waals surface area contributed by atoms with E-state index in [0.717, 1.165) is 11.1 Å². The maximum atomic E-state index is 12.0. The Morgan fingerprint density at radius 3 is 2.65 bits per heavy atom. The number of nitrogens with zero attached hydrogens (tertiary/aromatic N) is 1. The summed E-state index contributed by atoms with van der Waals surface area (Å²) in [6.07, 6.45) is 1.86. The molecule has 0 fully saturated rings. The minimum absolute atomic E-state index is 0.205. The second-order valence-electron chi connectivity index (χ2n) is 4.84. The highest BCUT2D eigenvalue weighted by atomic mass is 32.2. The molecule has 4 nitrogen and oxygen atoms in total. The van der Waals surface area contributed by atoms with Gasteiger partial charge in [-0.1, -0.05) is 17.7 Å². The van der Waals surface area contributed by atoms with Crippen LogP contribution >= 0.6 is 11.8 Å². The Morgan fingerprint density at radius 1 is 1.30 bits per heavy atom. The number of benzene rings is 1. The second kappa shape index (κ2) is 7.54. The summed E-state index contributed by atoms with van der Waals surface area (Å²) in [5, 5.41) is 2.42. The smallest absolute Gasteiger partial charge is 0.442 e. The normalized spacial score (nSPS) is 11.5. The number of thioether (sulfide) groups is 1. The molecule has 1 aromatic carbocycles. The number of halogens is 3. The number of carbonyl (C=O) groups excluding carboxylic acids is 1. The Balaban J connectivity index is 1.79. The molecular weight excluding hydrogens is 329 g/mol. The van der Waals surface area contributed by atoms with Crippen molar-refractivity contribution in [1.29, 1.82) is 0 Å². The fraction of sp³-hybridized carbons (Fsp3) is 0.333. The molecule has 124 valence electrons. The van der Waals surface area contributed by atoms with Crippen LogP contribution in [0.1, 0.15) is 11.3 Å². The number of hydrogen-bond acceptors (Lipinski definition) is 4. The minimum atomic E-state index is -4.40. The first kappa shape index (κ1) is 17.4. The zero-order chi connectivity index (χ0) is 16.9. The number of aryl methyl sites for hydroxylation is 1. The predicted octanol–water partition coefficient (Wildman–Crippen LogP) is 3.56. The van der Waals surface area contributed by atoms with Gasteiger partial charge in [-0.2, -0.15) is 13.2 Å². The van der Waals surface area contributed by atoms with E-state index >= 15 is 0 Å². The average Bonchev–Trinajstić information content (AvgIpc) is 2.94. The van der Waals surface area contributed by atoms with Crippen molar-refractivity contribution >= 4 is 17.7 Å². The molecule has 1 aromatic heterocycles. The Kier molecular flexibility index (Phi) is 5.70. The maximum Gasteiger partial charge on any atom is 0.442 e. The van der Waals surface area contributed by atoms with Gasteiger partial charge in [0.1, 0.15) is 6.26 Å². The van der Waals surface area contributed by atoms with Crippen LogP contribution in [0.2, 0.25) is 0 Å². The van der Waals surface area contributed by atoms with E-state index < -0.39 is 17.2 Å². The van der Waals surface area contributed by atoms with Crippen molar-refractivity contribution in [2.75, 3.05) is 12.3 Å². The highest BCUT2D eigenvalue weighted by Gasteiger charge is 2.29. The number of amides is 1. The topological polar surface area (TPSA) is 55.1 Å². The summed E-state index contributed by atoms with van der Waals surface area (Å²) in [6.45, 7) is 2.18. The Bertz CT molecular complexity index is 653. The molecule has 1 heterocycles. The molecule has 0 spiro atoms. The molecule has 2 aromatic rings. The van der Waals surface area contributed by atoms with Gasteiger partial charge in [0, 0.05) is 18.5 Å². The molecule has 1 amide bonds. The van der Waals surface area contributed by atoms with Gasteiger partial charge in [0.15, 0.2) is 0 Å². The Morgan fingerprint density at radius 2 is 2.00 bits per heavy atom. The lowest BCUT2D eigenvalue weighted by atomic mass is 10.1. The standard InChI is InChI=1S/C15H15F3N2O2S/c1-10-2-4-11(5-3-10)14-20-12(8-22-14)6-7-19-13(21)9-23-15(16,17)18/h2-5,8H,6-7,9H2,1H3,(H,19,21). The van der Waals surface area contributed by atoms with Crippen molar-refractivity contribution in [3.63, 3.8) is 0 Å². The highest BCUT2D eigenvalue weighted by Crippen LogP contribution is 2.29. The SMILES string of the molecule is Cc1ccc(-c2nc(CCNC(=O)CSC(F)(F)F)co2)cc1. The van der Waals surface area contributed by atoms with E-state index in [9.17, 15) is 18.0 Å². The molecular formula is C15H15F3N2O2S. The fourth-order valence-electron chi connectivity index (χ4n) is 1.78. The molecule has 0 saturated carbocycles. The molecule has 23 heavy (non-hydrogen) atoms. The van der Waals surface area contributed by atoms with Crippen LogP contribution in [0.4, 0.5) is 13.2 Å². The molecule has 0 radical (unpaired) electrons. The molecule has 0 bridgehead atoms. The van der Waals surface area contributed by atoms with Crippen molar-refractivity contribution in [3.05, 3.63) is 41.8 Å². The molecule has 0 aliphatic heterocycles. The molecule has 0 saturated heterocycles. The quantitative estimate of drug-likeness (QED) is 0.870. The van der Waals surface area contributed by atoms with Gasteiger partial charge in [-0.25, -0.2) is 4.98 Å². The van der Waals surface area contributed by atoms with Crippen molar-refractivity contribution in [2.45, 2.75) is 18.9 Å². The lowest BCUT2D eigenvalue weighted by molar-refractivity contribution is -0.118. The van der Waals surface area contributed by atoms with Gasteiger partial charge in [-0.15, -0.1) is 0 Å². The van der Waals surface area contributed by atoms with Gasteiger partial charge in [0.2, 0.25) is 11.8 Å². The van der Waals surface area contributed by atoms with Gasteiger partial charge in [-0.05, 0) is 30.8 Å². The molecule has 0 unspecified atom stereocenters. The summed E-state index contributed by atoms with van der Waals surface area (Å²) in [7, 11) is 0. The number of aromatic nitrogens is 1. The van der Waals surface area contributed by atoms with E-state index in [0.29, 0.717) is 18.0 Å². The van der Waals surface area contributed by atoms with Gasteiger partial charge in [0.25, 0.3) is 0 Å². The molecule has 1 N–H and O–H groups in total. The van der Waals surface area contributed by atoms with Crippen LogP contribution < -0.4 is 5.32 Å². The summed E-state index contributed by atoms with van der Waals surface area (Å²) in [5.74, 6) is -0.828. The summed E-state index contributed by atoms with van der Waals surface area (Å²) >= 11 is -0.356. The van der Waals surface area contributed by atoms with Gasteiger partial charge in [0.05, 0.1) is 11.4 Å². The van der Waals surface area contributed by atoms with Crippen LogP contribution in [0, 0.1) is 6.92 Å². The van der Waals surface area contributed by atoms with Crippen LogP contribution in [-0.2, 0) is 11.2 Å². The van der Waals surface area contributed by atoms with Crippen molar-refractivity contribution in [2.24, 2.45) is 0 Å². The number of oxazole rings is 1. The largest absolute Gasteiger partial charge is 0.444 e. The first-order valence-corrected chi connectivity index (χ1v) is 7.81. The lowest BCUT2D eigenvalue weighted by Crippen LogP contribution is -2.28. The average molecular weight is 344 g/mol. The third-order valence-corrected chi connectivity index (χ3v) is 3.65. The molecule has 2 rings (SSSR count). The van der Waals surface area contributed by atoms with Crippen molar-refractivity contribution < 1.29 is 22.4 Å². The number of carbonyl (C=O) groups is 1. The van der Waals surface area contributed by atoms with E-state index in [1.54, 1.807) is 0 Å². The van der Waals surface area contributed by atoms with Crippen LogP contribution in [0.3, 0.4) is 0 Å². The predicted molar refractivity (Wildman–Crippen MR) is 81.9 cm³/mol. The summed E-state index contributed by atoms with van der Waals surface area (Å²) in [6, 6.07) is 7.66. The lowest BCUT2D eigenvalue weighted by Gasteiger charge is -2.06. The first-order valence-electron chi connectivity index (χ1n) is 6.82. The van der Waals surface area contributed by atoms with Crippen LogP contribution in [-0.4, -0.2) is 28.7 Å². The second-order valence-corrected chi connectivity index (χ2v) is 5.88. The monoisotopic (exact) mass is 344 g/mol. The van der Waals surface area contributed by atoms with Gasteiger partial charge in [-0.3, -0.25) is 4.79 Å². The highest BCUT2D eigenvalue weighted by molar-refractivity contribution is 8.00. The minimum Gasteiger partial charge on any atom is -0.444 e. The third-order valence-electron chi connectivity index (χ3n) is 2.92. The Hall–Kier alpha value is -1.96. The summed E-state index contributed by atoms with van der Waals surface area (Å²) in [4.78, 5) is 15.6. The van der Waals surface area contributed by atoms with E-state index in [1.807, 2.05) is 31.2 Å². The van der Waals surface area contributed by atoms with Gasteiger partial charge < -0.3 is 9.73 Å². The van der Waals surface area contributed by atoms with E-state index in [4.69, 9.17) is 4.42 Å². The third kappa shape index (κ3) is 5.97. The van der Waals surface area contributed by atoms with E-state index in [-0.39, 0.29) is 18.3 Å². The number of hydrogen-bond donors (Lipinski definition) is 1. The van der Waals surface area contributed by atoms with Crippen LogP contribution in [0.15, 0.2) is 34.9 Å². The zero-order valence-corrected chi connectivity index (χ0v) is 13.1. The summed E-state index contributed by atoms with van der Waals surface area (Å²) < 4.78 is 41.2. The first-order chi connectivity index (χ1) is 10.8. The number of nitrogens with one attached hydrogen (secondary N) is 1. The Labute approximate surface area is 135 Å². The van der Waals surface area contributed by atoms with Crippen LogP contribution in [0.5, 0.6) is 0 Å². The summed E-state index contributed by atoms with van der Waals surface area (Å²) in [5.41, 5.74) is -1.80. The molecule has 0 aliphatic carbocycles. The van der Waals surface area contributed by atoms with Crippen LogP contribution in [0.25, 0.3) is 11.5 Å². The number of alkyl halides is 3. The van der Waals surface area contributed by atoms with E-state index in [1.165, 1.54) is 6.26 Å². The number of rotatable bonds is 6. The molecule has 0 atom stereocenters. The fourth-order valence-corrected chi connectivity index (χ4v) is 2.18. The van der Waals surface area contributed by atoms with Gasteiger partial charge >= 0.3 is 5.51 Å². The molecule has 0 aliphatic rings.